The Morgan fingerprint density at radius 3 is 3.00 bits per heavy atom. The molecule has 0 radical (unpaired) electrons. The molecule has 11 heavy (non-hydrogen) atoms. The molecule has 0 aromatic carbocycles. The number of pyridine rings is 1. The number of urea groups is 1. The molecular formula is C6H6BrN3O. The van der Waals surface area contributed by atoms with Crippen LogP contribution < -0.4 is 11.1 Å². The quantitative estimate of drug-likeness (QED) is 0.743. The number of anilines is 1. The zero-order valence-corrected chi connectivity index (χ0v) is 7.13. The zero-order valence-electron chi connectivity index (χ0n) is 5.54. The molecule has 0 saturated carbocycles. The van der Waals surface area contributed by atoms with Crippen LogP contribution in [0.25, 0.3) is 0 Å². The van der Waals surface area contributed by atoms with E-state index in [1.165, 1.54) is 0 Å². The fourth-order valence-corrected chi connectivity index (χ4v) is 0.948. The topological polar surface area (TPSA) is 68.0 Å². The second-order valence-corrected chi connectivity index (χ2v) is 2.68. The van der Waals surface area contributed by atoms with Gasteiger partial charge in [-0.05, 0) is 28.1 Å². The highest BCUT2D eigenvalue weighted by Gasteiger charge is 2.00. The van der Waals surface area contributed by atoms with Crippen molar-refractivity contribution < 1.29 is 4.79 Å². The lowest BCUT2D eigenvalue weighted by Crippen LogP contribution is -2.20. The van der Waals surface area contributed by atoms with E-state index in [4.69, 9.17) is 5.73 Å². The van der Waals surface area contributed by atoms with Gasteiger partial charge in [0.1, 0.15) is 5.82 Å². The second kappa shape index (κ2) is 3.34. The Morgan fingerprint density at radius 2 is 2.45 bits per heavy atom. The summed E-state index contributed by atoms with van der Waals surface area (Å²) in [6.45, 7) is 0. The van der Waals surface area contributed by atoms with Crippen LogP contribution in [0, 0.1) is 0 Å². The molecule has 1 aromatic heterocycles. The van der Waals surface area contributed by atoms with Crippen molar-refractivity contribution in [2.75, 3.05) is 5.32 Å². The van der Waals surface area contributed by atoms with E-state index in [1.807, 2.05) is 0 Å². The van der Waals surface area contributed by atoms with Crippen LogP contribution in [0.2, 0.25) is 0 Å². The summed E-state index contributed by atoms with van der Waals surface area (Å²) < 4.78 is 0.707. The van der Waals surface area contributed by atoms with Crippen LogP contribution in [0.3, 0.4) is 0 Å². The summed E-state index contributed by atoms with van der Waals surface area (Å²) in [7, 11) is 0. The Kier molecular flexibility index (Phi) is 2.43. The first kappa shape index (κ1) is 8.00. The Morgan fingerprint density at radius 1 is 1.73 bits per heavy atom. The molecule has 0 bridgehead atoms. The van der Waals surface area contributed by atoms with Crippen LogP contribution in [-0.4, -0.2) is 11.0 Å². The Bertz CT molecular complexity index is 276. The van der Waals surface area contributed by atoms with Gasteiger partial charge in [-0.25, -0.2) is 9.78 Å². The number of nitrogens with one attached hydrogen (secondary N) is 1. The smallest absolute Gasteiger partial charge is 0.317 e. The van der Waals surface area contributed by atoms with Gasteiger partial charge >= 0.3 is 6.03 Å². The van der Waals surface area contributed by atoms with Gasteiger partial charge in [-0.2, -0.15) is 0 Å². The van der Waals surface area contributed by atoms with Crippen LogP contribution in [0.5, 0.6) is 0 Å². The number of amides is 2. The van der Waals surface area contributed by atoms with Crippen LogP contribution in [0.15, 0.2) is 22.8 Å². The lowest BCUT2D eigenvalue weighted by molar-refractivity contribution is 0.259. The molecule has 0 spiro atoms. The third kappa shape index (κ3) is 2.19. The van der Waals surface area contributed by atoms with E-state index in [9.17, 15) is 4.79 Å². The largest absolute Gasteiger partial charge is 0.351 e. The summed E-state index contributed by atoms with van der Waals surface area (Å²) in [6.07, 6.45) is 1.57. The molecule has 0 fully saturated rings. The van der Waals surface area contributed by atoms with E-state index < -0.39 is 6.03 Å². The number of carbonyl (C=O) groups excluding carboxylic acids is 1. The predicted molar refractivity (Wildman–Crippen MR) is 45.1 cm³/mol. The van der Waals surface area contributed by atoms with Crippen molar-refractivity contribution in [2.45, 2.75) is 0 Å². The molecular weight excluding hydrogens is 210 g/mol. The average molecular weight is 216 g/mol. The fourth-order valence-electron chi connectivity index (χ4n) is 0.594. The van der Waals surface area contributed by atoms with Crippen molar-refractivity contribution >= 4 is 27.8 Å². The second-order valence-electron chi connectivity index (χ2n) is 1.82. The van der Waals surface area contributed by atoms with E-state index in [0.717, 1.165) is 0 Å². The van der Waals surface area contributed by atoms with Gasteiger partial charge in [-0.3, -0.25) is 5.32 Å². The monoisotopic (exact) mass is 215 g/mol. The first-order valence-corrected chi connectivity index (χ1v) is 3.66. The zero-order chi connectivity index (χ0) is 8.27. The number of hydrogen-bond donors (Lipinski definition) is 2. The fraction of sp³-hybridized carbons (Fsp3) is 0. The third-order valence-corrected chi connectivity index (χ3v) is 1.64. The first-order valence-electron chi connectivity index (χ1n) is 2.87. The van der Waals surface area contributed by atoms with Gasteiger partial charge in [-0.15, -0.1) is 0 Å². The van der Waals surface area contributed by atoms with Crippen molar-refractivity contribution in [3.63, 3.8) is 0 Å². The lowest BCUT2D eigenvalue weighted by Gasteiger charge is -2.00. The molecule has 0 unspecified atom stereocenters. The summed E-state index contributed by atoms with van der Waals surface area (Å²) in [6, 6.07) is 2.89. The highest BCUT2D eigenvalue weighted by molar-refractivity contribution is 9.10. The van der Waals surface area contributed by atoms with Crippen LogP contribution in [0.1, 0.15) is 0 Å². The van der Waals surface area contributed by atoms with Crippen LogP contribution >= 0.6 is 15.9 Å². The number of nitrogens with zero attached hydrogens (tertiary/aromatic N) is 1. The van der Waals surface area contributed by atoms with Gasteiger partial charge in [0, 0.05) is 6.20 Å². The summed E-state index contributed by atoms with van der Waals surface area (Å²) in [5.74, 6) is 0.431. The molecule has 2 amide bonds. The lowest BCUT2D eigenvalue weighted by atomic mass is 10.5. The molecule has 5 heteroatoms. The molecule has 1 rings (SSSR count). The van der Waals surface area contributed by atoms with Gasteiger partial charge in [-0.1, -0.05) is 0 Å². The summed E-state index contributed by atoms with van der Waals surface area (Å²) >= 11 is 3.19. The van der Waals surface area contributed by atoms with Crippen LogP contribution in [0.4, 0.5) is 10.6 Å². The van der Waals surface area contributed by atoms with Crippen molar-refractivity contribution in [1.29, 1.82) is 0 Å². The number of hydrogen-bond acceptors (Lipinski definition) is 2. The average Bonchev–Trinajstić information content (AvgIpc) is 1.93. The Labute approximate surface area is 71.9 Å². The maximum atomic E-state index is 10.4. The van der Waals surface area contributed by atoms with Gasteiger partial charge in [0.15, 0.2) is 0 Å². The number of halogens is 1. The van der Waals surface area contributed by atoms with Gasteiger partial charge in [0.2, 0.25) is 0 Å². The maximum absolute atomic E-state index is 10.4. The molecule has 0 atom stereocenters. The molecule has 0 aliphatic rings. The number of primary amides is 1. The van der Waals surface area contributed by atoms with Gasteiger partial charge in [0.05, 0.1) is 4.47 Å². The SMILES string of the molecule is NC(=O)Nc1ncccc1Br. The van der Waals surface area contributed by atoms with E-state index in [2.05, 4.69) is 26.2 Å². The number of rotatable bonds is 1. The minimum Gasteiger partial charge on any atom is -0.351 e. The normalized spacial score (nSPS) is 9.18. The molecule has 0 aliphatic heterocycles. The first-order chi connectivity index (χ1) is 5.20. The highest BCUT2D eigenvalue weighted by atomic mass is 79.9. The minimum atomic E-state index is -0.621. The maximum Gasteiger partial charge on any atom is 0.317 e. The molecule has 58 valence electrons. The Hall–Kier alpha value is -1.10. The van der Waals surface area contributed by atoms with Gasteiger partial charge in [0.25, 0.3) is 0 Å². The number of nitrogens with two attached hydrogens (primary N) is 1. The summed E-state index contributed by atoms with van der Waals surface area (Å²) in [5.41, 5.74) is 4.88. The standard InChI is InChI=1S/C6H6BrN3O/c7-4-2-1-3-9-5(4)10-6(8)11/h1-3H,(H3,8,9,10,11). The van der Waals surface area contributed by atoms with Crippen molar-refractivity contribution in [3.8, 4) is 0 Å². The minimum absolute atomic E-state index is 0.431. The molecule has 1 aromatic rings. The Balaban J connectivity index is 2.86. The van der Waals surface area contributed by atoms with E-state index in [-0.39, 0.29) is 0 Å². The molecule has 0 aliphatic carbocycles. The number of carbonyl (C=O) groups is 1. The van der Waals surface area contributed by atoms with E-state index >= 15 is 0 Å². The molecule has 4 nitrogen and oxygen atoms in total. The van der Waals surface area contributed by atoms with Crippen molar-refractivity contribution in [1.82, 2.24) is 4.98 Å². The highest BCUT2D eigenvalue weighted by Crippen LogP contribution is 2.17. The van der Waals surface area contributed by atoms with Crippen molar-refractivity contribution in [2.24, 2.45) is 5.73 Å². The summed E-state index contributed by atoms with van der Waals surface area (Å²) in [5, 5.41) is 2.35. The summed E-state index contributed by atoms with van der Waals surface area (Å²) in [4.78, 5) is 14.2. The van der Waals surface area contributed by atoms with E-state index in [0.29, 0.717) is 10.3 Å². The predicted octanol–water partition coefficient (Wildman–Crippen LogP) is 1.33. The van der Waals surface area contributed by atoms with Crippen LogP contribution in [-0.2, 0) is 0 Å². The van der Waals surface area contributed by atoms with Crippen molar-refractivity contribution in [3.05, 3.63) is 22.8 Å². The molecule has 0 saturated heterocycles. The molecule has 3 N–H and O–H groups in total. The molecule has 1 heterocycles. The number of aromatic nitrogens is 1. The third-order valence-electron chi connectivity index (χ3n) is 1.00. The van der Waals surface area contributed by atoms with Gasteiger partial charge < -0.3 is 5.73 Å². The van der Waals surface area contributed by atoms with E-state index in [1.54, 1.807) is 18.3 Å².